The SMILES string of the molecule is CC(C)c1ncc(Cl)c(C(=O)NC(C)C(C)(C)C)n1. The average Bonchev–Trinajstić information content (AvgIpc) is 2.27. The molecule has 0 aromatic carbocycles. The Labute approximate surface area is 120 Å². The van der Waals surface area contributed by atoms with Crippen LogP contribution >= 0.6 is 11.6 Å². The van der Waals surface area contributed by atoms with Gasteiger partial charge in [-0.1, -0.05) is 46.2 Å². The molecule has 0 aliphatic carbocycles. The lowest BCUT2D eigenvalue weighted by molar-refractivity contribution is 0.0904. The van der Waals surface area contributed by atoms with E-state index in [9.17, 15) is 4.79 Å². The zero-order chi connectivity index (χ0) is 14.8. The number of carbonyl (C=O) groups is 1. The van der Waals surface area contributed by atoms with Gasteiger partial charge in [0.2, 0.25) is 0 Å². The first-order chi connectivity index (χ1) is 8.62. The van der Waals surface area contributed by atoms with E-state index >= 15 is 0 Å². The monoisotopic (exact) mass is 283 g/mol. The van der Waals surface area contributed by atoms with Gasteiger partial charge in [0, 0.05) is 12.0 Å². The number of nitrogens with zero attached hydrogens (tertiary/aromatic N) is 2. The Morgan fingerprint density at radius 2 is 1.89 bits per heavy atom. The lowest BCUT2D eigenvalue weighted by Gasteiger charge is -2.28. The van der Waals surface area contributed by atoms with Gasteiger partial charge in [0.05, 0.1) is 11.2 Å². The highest BCUT2D eigenvalue weighted by Crippen LogP contribution is 2.20. The predicted octanol–water partition coefficient (Wildman–Crippen LogP) is 3.42. The number of aromatic nitrogens is 2. The van der Waals surface area contributed by atoms with Crippen molar-refractivity contribution in [2.45, 2.75) is 53.5 Å². The van der Waals surface area contributed by atoms with Crippen molar-refractivity contribution in [1.29, 1.82) is 0 Å². The van der Waals surface area contributed by atoms with E-state index in [1.807, 2.05) is 20.8 Å². The van der Waals surface area contributed by atoms with Crippen molar-refractivity contribution in [2.75, 3.05) is 0 Å². The second kappa shape index (κ2) is 5.87. The maximum Gasteiger partial charge on any atom is 0.271 e. The van der Waals surface area contributed by atoms with Crippen LogP contribution in [0.15, 0.2) is 6.20 Å². The largest absolute Gasteiger partial charge is 0.348 e. The molecule has 5 heteroatoms. The van der Waals surface area contributed by atoms with E-state index in [1.54, 1.807) is 0 Å². The number of halogens is 1. The molecule has 19 heavy (non-hydrogen) atoms. The molecule has 0 saturated heterocycles. The first-order valence-corrected chi connectivity index (χ1v) is 6.84. The minimum atomic E-state index is -0.253. The fourth-order valence-corrected chi connectivity index (χ4v) is 1.48. The van der Waals surface area contributed by atoms with Gasteiger partial charge in [0.15, 0.2) is 0 Å². The van der Waals surface area contributed by atoms with Gasteiger partial charge in [0.25, 0.3) is 5.91 Å². The van der Waals surface area contributed by atoms with Gasteiger partial charge in [0.1, 0.15) is 11.5 Å². The van der Waals surface area contributed by atoms with E-state index < -0.39 is 0 Å². The minimum absolute atomic E-state index is 0.0178. The predicted molar refractivity (Wildman–Crippen MR) is 77.5 cm³/mol. The molecule has 1 heterocycles. The molecule has 1 unspecified atom stereocenters. The highest BCUT2D eigenvalue weighted by atomic mass is 35.5. The van der Waals surface area contributed by atoms with Crippen LogP contribution in [-0.4, -0.2) is 21.9 Å². The fraction of sp³-hybridized carbons (Fsp3) is 0.643. The van der Waals surface area contributed by atoms with Crippen LogP contribution in [-0.2, 0) is 0 Å². The summed E-state index contributed by atoms with van der Waals surface area (Å²) < 4.78 is 0. The molecule has 0 bridgehead atoms. The lowest BCUT2D eigenvalue weighted by Crippen LogP contribution is -2.41. The third-order valence-corrected chi connectivity index (χ3v) is 3.42. The summed E-state index contributed by atoms with van der Waals surface area (Å²) in [5, 5.41) is 3.21. The summed E-state index contributed by atoms with van der Waals surface area (Å²) >= 11 is 6.01. The first-order valence-electron chi connectivity index (χ1n) is 6.46. The molecule has 1 aromatic heterocycles. The second-order valence-electron chi connectivity index (χ2n) is 6.14. The zero-order valence-corrected chi connectivity index (χ0v) is 13.2. The van der Waals surface area contributed by atoms with Crippen molar-refractivity contribution >= 4 is 17.5 Å². The van der Waals surface area contributed by atoms with E-state index in [-0.39, 0.29) is 34.0 Å². The lowest BCUT2D eigenvalue weighted by atomic mass is 9.88. The minimum Gasteiger partial charge on any atom is -0.348 e. The van der Waals surface area contributed by atoms with Crippen molar-refractivity contribution in [3.05, 3.63) is 22.7 Å². The van der Waals surface area contributed by atoms with Gasteiger partial charge in [-0.2, -0.15) is 0 Å². The standard InChI is InChI=1S/C14H22ClN3O/c1-8(2)12-16-7-10(15)11(18-12)13(19)17-9(3)14(4,5)6/h7-9H,1-6H3,(H,17,19). The number of amides is 1. The summed E-state index contributed by atoms with van der Waals surface area (Å²) in [6.45, 7) is 12.1. The molecule has 1 atom stereocenters. The molecule has 0 fully saturated rings. The first kappa shape index (κ1) is 15.9. The molecule has 0 aliphatic rings. The maximum absolute atomic E-state index is 12.2. The van der Waals surface area contributed by atoms with E-state index in [2.05, 4.69) is 36.1 Å². The quantitative estimate of drug-likeness (QED) is 0.925. The summed E-state index contributed by atoms with van der Waals surface area (Å²) in [5.41, 5.74) is 0.229. The normalized spacial score (nSPS) is 13.5. The molecule has 0 saturated carbocycles. The van der Waals surface area contributed by atoms with Crippen LogP contribution in [0.4, 0.5) is 0 Å². The summed E-state index contributed by atoms with van der Waals surface area (Å²) in [7, 11) is 0. The summed E-state index contributed by atoms with van der Waals surface area (Å²) in [5.74, 6) is 0.526. The van der Waals surface area contributed by atoms with Crippen molar-refractivity contribution in [3.63, 3.8) is 0 Å². The van der Waals surface area contributed by atoms with Crippen LogP contribution in [0.25, 0.3) is 0 Å². The molecular weight excluding hydrogens is 262 g/mol. The number of nitrogens with one attached hydrogen (secondary N) is 1. The van der Waals surface area contributed by atoms with Crippen LogP contribution in [0.5, 0.6) is 0 Å². The van der Waals surface area contributed by atoms with Gasteiger partial charge >= 0.3 is 0 Å². The molecule has 1 N–H and O–H groups in total. The topological polar surface area (TPSA) is 54.9 Å². The van der Waals surface area contributed by atoms with Crippen LogP contribution in [0.1, 0.15) is 63.8 Å². The third-order valence-electron chi connectivity index (χ3n) is 3.14. The number of hydrogen-bond donors (Lipinski definition) is 1. The van der Waals surface area contributed by atoms with Crippen molar-refractivity contribution in [1.82, 2.24) is 15.3 Å². The highest BCUT2D eigenvalue weighted by Gasteiger charge is 2.24. The highest BCUT2D eigenvalue weighted by molar-refractivity contribution is 6.33. The number of rotatable bonds is 3. The number of hydrogen-bond acceptors (Lipinski definition) is 3. The second-order valence-corrected chi connectivity index (χ2v) is 6.55. The molecule has 1 rings (SSSR count). The van der Waals surface area contributed by atoms with E-state index in [1.165, 1.54) is 6.20 Å². The maximum atomic E-state index is 12.2. The molecular formula is C14H22ClN3O. The van der Waals surface area contributed by atoms with Crippen molar-refractivity contribution in [2.24, 2.45) is 5.41 Å². The Hall–Kier alpha value is -1.16. The van der Waals surface area contributed by atoms with Crippen LogP contribution in [0, 0.1) is 5.41 Å². The average molecular weight is 284 g/mol. The fourth-order valence-electron chi connectivity index (χ4n) is 1.30. The molecule has 1 amide bonds. The Bertz CT molecular complexity index is 466. The zero-order valence-electron chi connectivity index (χ0n) is 12.4. The third kappa shape index (κ3) is 4.16. The molecule has 0 aliphatic heterocycles. The summed E-state index contributed by atoms with van der Waals surface area (Å²) in [6.07, 6.45) is 1.49. The van der Waals surface area contributed by atoms with Crippen molar-refractivity contribution < 1.29 is 4.79 Å². The molecule has 4 nitrogen and oxygen atoms in total. The van der Waals surface area contributed by atoms with Gasteiger partial charge < -0.3 is 5.32 Å². The van der Waals surface area contributed by atoms with Gasteiger partial charge in [-0.25, -0.2) is 9.97 Å². The van der Waals surface area contributed by atoms with Crippen LogP contribution in [0.2, 0.25) is 5.02 Å². The summed E-state index contributed by atoms with van der Waals surface area (Å²) in [6, 6.07) is 0.0218. The molecule has 0 radical (unpaired) electrons. The van der Waals surface area contributed by atoms with Gasteiger partial charge in [-0.3, -0.25) is 4.79 Å². The van der Waals surface area contributed by atoms with E-state index in [0.29, 0.717) is 5.82 Å². The summed E-state index contributed by atoms with van der Waals surface area (Å²) in [4.78, 5) is 20.6. The molecule has 106 valence electrons. The Balaban J connectivity index is 2.97. The molecule has 0 spiro atoms. The van der Waals surface area contributed by atoms with E-state index in [4.69, 9.17) is 11.6 Å². The van der Waals surface area contributed by atoms with Gasteiger partial charge in [-0.05, 0) is 12.3 Å². The van der Waals surface area contributed by atoms with Gasteiger partial charge in [-0.15, -0.1) is 0 Å². The van der Waals surface area contributed by atoms with E-state index in [0.717, 1.165) is 0 Å². The van der Waals surface area contributed by atoms with Crippen molar-refractivity contribution in [3.8, 4) is 0 Å². The molecule has 1 aromatic rings. The Morgan fingerprint density at radius 1 is 1.32 bits per heavy atom. The Morgan fingerprint density at radius 3 is 2.37 bits per heavy atom. The number of carbonyl (C=O) groups excluding carboxylic acids is 1. The van der Waals surface area contributed by atoms with Crippen LogP contribution < -0.4 is 5.32 Å². The van der Waals surface area contributed by atoms with Crippen LogP contribution in [0.3, 0.4) is 0 Å². The smallest absolute Gasteiger partial charge is 0.271 e. The Kier molecular flexibility index (Phi) is 4.91.